The van der Waals surface area contributed by atoms with Gasteiger partial charge in [0.1, 0.15) is 0 Å². The van der Waals surface area contributed by atoms with Crippen LogP contribution in [0, 0.1) is 6.92 Å². The molecule has 1 N–H and O–H groups in total. The number of aliphatic hydroxyl groups excluding tert-OH is 1. The fourth-order valence-corrected chi connectivity index (χ4v) is 1.88. The van der Waals surface area contributed by atoms with Gasteiger partial charge in [-0.3, -0.25) is 9.88 Å². The maximum atomic E-state index is 9.95. The van der Waals surface area contributed by atoms with E-state index < -0.39 is 6.10 Å². The molecule has 1 aromatic rings. The topological polar surface area (TPSA) is 45.6 Å². The molecule has 1 unspecified atom stereocenters. The van der Waals surface area contributed by atoms with Crippen LogP contribution in [-0.4, -0.2) is 46.9 Å². The van der Waals surface area contributed by atoms with Crippen LogP contribution in [0.1, 0.15) is 32.2 Å². The Morgan fingerprint density at radius 2 is 2.11 bits per heavy atom. The van der Waals surface area contributed by atoms with Gasteiger partial charge in [-0.25, -0.2) is 0 Å². The molecule has 19 heavy (non-hydrogen) atoms. The number of aliphatic hydroxyl groups is 1. The van der Waals surface area contributed by atoms with Gasteiger partial charge >= 0.3 is 0 Å². The molecule has 0 aromatic carbocycles. The van der Waals surface area contributed by atoms with E-state index in [0.29, 0.717) is 13.2 Å². The maximum absolute atomic E-state index is 9.95. The van der Waals surface area contributed by atoms with E-state index >= 15 is 0 Å². The largest absolute Gasteiger partial charge is 0.389 e. The molecule has 0 saturated heterocycles. The van der Waals surface area contributed by atoms with E-state index in [1.54, 1.807) is 0 Å². The molecule has 0 aliphatic carbocycles. The molecule has 108 valence electrons. The van der Waals surface area contributed by atoms with Gasteiger partial charge in [-0.2, -0.15) is 0 Å². The minimum absolute atomic E-state index is 0.156. The second-order valence-electron chi connectivity index (χ2n) is 5.13. The molecule has 0 amide bonds. The number of hydrogen-bond acceptors (Lipinski definition) is 4. The summed E-state index contributed by atoms with van der Waals surface area (Å²) in [6, 6.07) is 6.03. The highest BCUT2D eigenvalue weighted by molar-refractivity contribution is 5.09. The Labute approximate surface area is 116 Å². The standard InChI is InChI=1S/C15H26N2O2/c1-5-17(10-15(18)11-19-12(2)3)9-14-8-6-7-13(4)16-14/h6-8,12,15,18H,5,9-11H2,1-4H3. The van der Waals surface area contributed by atoms with E-state index in [1.807, 2.05) is 39.0 Å². The normalized spacial score (nSPS) is 13.2. The van der Waals surface area contributed by atoms with Crippen molar-refractivity contribution in [1.29, 1.82) is 0 Å². The fourth-order valence-electron chi connectivity index (χ4n) is 1.88. The SMILES string of the molecule is CCN(Cc1cccc(C)n1)CC(O)COC(C)C. The molecular weight excluding hydrogens is 240 g/mol. The van der Waals surface area contributed by atoms with Crippen LogP contribution < -0.4 is 0 Å². The van der Waals surface area contributed by atoms with Gasteiger partial charge in [-0.05, 0) is 39.4 Å². The Balaban J connectivity index is 2.45. The van der Waals surface area contributed by atoms with Crippen LogP contribution >= 0.6 is 0 Å². The molecule has 1 rings (SSSR count). The Morgan fingerprint density at radius 1 is 1.37 bits per heavy atom. The Hall–Kier alpha value is -0.970. The van der Waals surface area contributed by atoms with Gasteiger partial charge in [-0.1, -0.05) is 13.0 Å². The van der Waals surface area contributed by atoms with Gasteiger partial charge in [0.05, 0.1) is 24.5 Å². The molecule has 1 aromatic heterocycles. The molecule has 4 heteroatoms. The van der Waals surface area contributed by atoms with Crippen molar-refractivity contribution >= 4 is 0 Å². The van der Waals surface area contributed by atoms with Crippen LogP contribution in [0.15, 0.2) is 18.2 Å². The van der Waals surface area contributed by atoms with Gasteiger partial charge in [0.25, 0.3) is 0 Å². The van der Waals surface area contributed by atoms with Crippen molar-refractivity contribution in [3.8, 4) is 0 Å². The highest BCUT2D eigenvalue weighted by Gasteiger charge is 2.12. The summed E-state index contributed by atoms with van der Waals surface area (Å²) in [5, 5.41) is 9.95. The number of pyridine rings is 1. The molecule has 0 spiro atoms. The summed E-state index contributed by atoms with van der Waals surface area (Å²) < 4.78 is 5.43. The van der Waals surface area contributed by atoms with E-state index in [9.17, 15) is 5.11 Å². The Kier molecular flexibility index (Phi) is 6.99. The number of hydrogen-bond donors (Lipinski definition) is 1. The lowest BCUT2D eigenvalue weighted by Gasteiger charge is -2.23. The molecular formula is C15H26N2O2. The summed E-state index contributed by atoms with van der Waals surface area (Å²) >= 11 is 0. The molecule has 0 saturated carbocycles. The zero-order valence-corrected chi connectivity index (χ0v) is 12.5. The summed E-state index contributed by atoms with van der Waals surface area (Å²) in [6.07, 6.45) is -0.296. The third-order valence-electron chi connectivity index (χ3n) is 2.87. The zero-order valence-electron chi connectivity index (χ0n) is 12.5. The van der Waals surface area contributed by atoms with Gasteiger partial charge in [0, 0.05) is 18.8 Å². The lowest BCUT2D eigenvalue weighted by Crippen LogP contribution is -2.35. The monoisotopic (exact) mass is 266 g/mol. The molecule has 0 radical (unpaired) electrons. The van der Waals surface area contributed by atoms with Crippen LogP contribution in [0.5, 0.6) is 0 Å². The van der Waals surface area contributed by atoms with E-state index in [2.05, 4.69) is 16.8 Å². The van der Waals surface area contributed by atoms with Gasteiger partial charge < -0.3 is 9.84 Å². The number of likely N-dealkylation sites (N-methyl/N-ethyl adjacent to an activating group) is 1. The lowest BCUT2D eigenvalue weighted by atomic mass is 10.2. The minimum atomic E-state index is -0.452. The third-order valence-corrected chi connectivity index (χ3v) is 2.87. The number of ether oxygens (including phenoxy) is 1. The number of nitrogens with zero attached hydrogens (tertiary/aromatic N) is 2. The second kappa shape index (κ2) is 8.25. The van der Waals surface area contributed by atoms with Crippen molar-refractivity contribution in [1.82, 2.24) is 9.88 Å². The van der Waals surface area contributed by atoms with Gasteiger partial charge in [0.2, 0.25) is 0 Å². The van der Waals surface area contributed by atoms with Crippen LogP contribution in [0.25, 0.3) is 0 Å². The summed E-state index contributed by atoms with van der Waals surface area (Å²) in [6.45, 7) is 10.7. The number of aromatic nitrogens is 1. The van der Waals surface area contributed by atoms with Gasteiger partial charge in [0.15, 0.2) is 0 Å². The molecule has 0 bridgehead atoms. The Bertz CT molecular complexity index is 369. The third kappa shape index (κ3) is 6.66. The molecule has 0 aliphatic rings. The highest BCUT2D eigenvalue weighted by atomic mass is 16.5. The van der Waals surface area contributed by atoms with E-state index in [-0.39, 0.29) is 6.10 Å². The zero-order chi connectivity index (χ0) is 14.3. The van der Waals surface area contributed by atoms with Crippen molar-refractivity contribution in [2.24, 2.45) is 0 Å². The first-order valence-electron chi connectivity index (χ1n) is 6.95. The lowest BCUT2D eigenvalue weighted by molar-refractivity contribution is -0.00899. The maximum Gasteiger partial charge on any atom is 0.0900 e. The molecule has 4 nitrogen and oxygen atoms in total. The van der Waals surface area contributed by atoms with Crippen molar-refractivity contribution in [2.75, 3.05) is 19.7 Å². The van der Waals surface area contributed by atoms with Crippen molar-refractivity contribution in [3.05, 3.63) is 29.6 Å². The summed E-state index contributed by atoms with van der Waals surface area (Å²) in [5.41, 5.74) is 2.07. The first kappa shape index (κ1) is 16.1. The Morgan fingerprint density at radius 3 is 2.68 bits per heavy atom. The second-order valence-corrected chi connectivity index (χ2v) is 5.13. The average molecular weight is 266 g/mol. The molecule has 0 aliphatic heterocycles. The molecule has 0 fully saturated rings. The first-order chi connectivity index (χ1) is 9.01. The van der Waals surface area contributed by atoms with Crippen molar-refractivity contribution in [3.63, 3.8) is 0 Å². The van der Waals surface area contributed by atoms with E-state index in [4.69, 9.17) is 4.74 Å². The number of rotatable bonds is 8. The minimum Gasteiger partial charge on any atom is -0.389 e. The average Bonchev–Trinajstić information content (AvgIpc) is 2.35. The number of aryl methyl sites for hydroxylation is 1. The molecule has 1 heterocycles. The van der Waals surface area contributed by atoms with E-state index in [0.717, 1.165) is 24.5 Å². The first-order valence-corrected chi connectivity index (χ1v) is 6.95. The van der Waals surface area contributed by atoms with Gasteiger partial charge in [-0.15, -0.1) is 0 Å². The fraction of sp³-hybridized carbons (Fsp3) is 0.667. The molecule has 1 atom stereocenters. The van der Waals surface area contributed by atoms with Crippen LogP contribution in [0.4, 0.5) is 0 Å². The van der Waals surface area contributed by atoms with Crippen LogP contribution in [0.2, 0.25) is 0 Å². The predicted octanol–water partition coefficient (Wildman–Crippen LogP) is 2.00. The van der Waals surface area contributed by atoms with E-state index in [1.165, 1.54) is 0 Å². The van der Waals surface area contributed by atoms with Crippen molar-refractivity contribution < 1.29 is 9.84 Å². The predicted molar refractivity (Wildman–Crippen MR) is 77.0 cm³/mol. The van der Waals surface area contributed by atoms with Crippen molar-refractivity contribution in [2.45, 2.75) is 46.4 Å². The summed E-state index contributed by atoms with van der Waals surface area (Å²) in [4.78, 5) is 6.66. The van der Waals surface area contributed by atoms with Crippen LogP contribution in [0.3, 0.4) is 0 Å². The van der Waals surface area contributed by atoms with Crippen LogP contribution in [-0.2, 0) is 11.3 Å². The summed E-state index contributed by atoms with van der Waals surface area (Å²) in [7, 11) is 0. The smallest absolute Gasteiger partial charge is 0.0900 e. The quantitative estimate of drug-likeness (QED) is 0.781. The highest BCUT2D eigenvalue weighted by Crippen LogP contribution is 2.04. The summed E-state index contributed by atoms with van der Waals surface area (Å²) in [5.74, 6) is 0.